The van der Waals surface area contributed by atoms with Gasteiger partial charge < -0.3 is 16.4 Å². The summed E-state index contributed by atoms with van der Waals surface area (Å²) in [5.41, 5.74) is 6.11. The van der Waals surface area contributed by atoms with Crippen molar-refractivity contribution in [1.29, 1.82) is 0 Å². The van der Waals surface area contributed by atoms with Crippen molar-refractivity contribution in [2.75, 3.05) is 10.6 Å². The minimum absolute atomic E-state index is 0.0815. The summed E-state index contributed by atoms with van der Waals surface area (Å²) in [5, 5.41) is 11.7. The van der Waals surface area contributed by atoms with Gasteiger partial charge in [0.05, 0.1) is 0 Å². The number of aromatic nitrogens is 3. The van der Waals surface area contributed by atoms with Crippen LogP contribution in [0.2, 0.25) is 0 Å². The van der Waals surface area contributed by atoms with E-state index in [2.05, 4.69) is 25.8 Å². The zero-order valence-electron chi connectivity index (χ0n) is 11.7. The highest BCUT2D eigenvalue weighted by Gasteiger charge is 2.14. The highest BCUT2D eigenvalue weighted by atomic mass is 16.2. The first-order valence-electron chi connectivity index (χ1n) is 6.36. The van der Waals surface area contributed by atoms with E-state index >= 15 is 0 Å². The van der Waals surface area contributed by atoms with Crippen molar-refractivity contribution in [1.82, 2.24) is 15.2 Å². The minimum atomic E-state index is -0.645. The lowest BCUT2D eigenvalue weighted by atomic mass is 10.2. The number of urea groups is 1. The predicted molar refractivity (Wildman–Crippen MR) is 78.1 cm³/mol. The van der Waals surface area contributed by atoms with E-state index in [0.717, 1.165) is 0 Å². The molecule has 0 aliphatic rings. The molecule has 8 nitrogen and oxygen atoms in total. The van der Waals surface area contributed by atoms with Crippen LogP contribution < -0.4 is 16.4 Å². The summed E-state index contributed by atoms with van der Waals surface area (Å²) in [5.74, 6) is 0.492. The highest BCUT2D eigenvalue weighted by Crippen LogP contribution is 2.14. The van der Waals surface area contributed by atoms with E-state index in [-0.39, 0.29) is 11.7 Å². The van der Waals surface area contributed by atoms with E-state index < -0.39 is 11.9 Å². The third-order valence-electron chi connectivity index (χ3n) is 2.66. The summed E-state index contributed by atoms with van der Waals surface area (Å²) in [6.07, 6.45) is 0. The number of benzene rings is 1. The van der Waals surface area contributed by atoms with E-state index in [9.17, 15) is 9.59 Å². The van der Waals surface area contributed by atoms with Crippen LogP contribution in [0.15, 0.2) is 24.3 Å². The van der Waals surface area contributed by atoms with E-state index in [0.29, 0.717) is 17.2 Å². The van der Waals surface area contributed by atoms with E-state index in [1.54, 1.807) is 24.3 Å². The lowest BCUT2D eigenvalue weighted by molar-refractivity contribution is 0.101. The van der Waals surface area contributed by atoms with Crippen LogP contribution in [0.5, 0.6) is 0 Å². The molecule has 5 N–H and O–H groups in total. The van der Waals surface area contributed by atoms with Crippen molar-refractivity contribution < 1.29 is 9.59 Å². The number of primary amides is 1. The number of amides is 3. The zero-order chi connectivity index (χ0) is 15.4. The molecule has 0 saturated heterocycles. The zero-order valence-corrected chi connectivity index (χ0v) is 11.7. The minimum Gasteiger partial charge on any atom is -0.351 e. The molecular formula is C13H16N6O2. The van der Waals surface area contributed by atoms with Gasteiger partial charge in [0.25, 0.3) is 5.91 Å². The first-order chi connectivity index (χ1) is 9.95. The molecule has 0 aliphatic carbocycles. The van der Waals surface area contributed by atoms with Crippen LogP contribution in [0.25, 0.3) is 0 Å². The van der Waals surface area contributed by atoms with Crippen molar-refractivity contribution in [3.8, 4) is 0 Å². The van der Waals surface area contributed by atoms with Gasteiger partial charge in [0.1, 0.15) is 5.82 Å². The van der Waals surface area contributed by atoms with Crippen molar-refractivity contribution in [3.05, 3.63) is 35.9 Å². The Balaban J connectivity index is 2.03. The van der Waals surface area contributed by atoms with Crippen molar-refractivity contribution in [2.24, 2.45) is 5.73 Å². The summed E-state index contributed by atoms with van der Waals surface area (Å²) < 4.78 is 0. The molecule has 1 heterocycles. The number of H-pyrrole nitrogens is 1. The summed E-state index contributed by atoms with van der Waals surface area (Å²) >= 11 is 0. The molecule has 0 saturated carbocycles. The second-order valence-corrected chi connectivity index (χ2v) is 4.72. The maximum Gasteiger partial charge on any atom is 0.316 e. The largest absolute Gasteiger partial charge is 0.351 e. The molecule has 2 rings (SSSR count). The predicted octanol–water partition coefficient (Wildman–Crippen LogP) is 1.67. The summed E-state index contributed by atoms with van der Waals surface area (Å²) in [6, 6.07) is 5.88. The lowest BCUT2D eigenvalue weighted by Gasteiger charge is -2.05. The van der Waals surface area contributed by atoms with Crippen LogP contribution in [-0.4, -0.2) is 27.1 Å². The number of carbonyl (C=O) groups is 2. The molecule has 0 spiro atoms. The Morgan fingerprint density at radius 3 is 2.19 bits per heavy atom. The van der Waals surface area contributed by atoms with Crippen LogP contribution in [0.4, 0.5) is 16.2 Å². The van der Waals surface area contributed by atoms with Crippen LogP contribution in [-0.2, 0) is 0 Å². The van der Waals surface area contributed by atoms with E-state index in [4.69, 9.17) is 5.73 Å². The molecule has 0 fully saturated rings. The SMILES string of the molecule is CC(C)c1nc(C(=O)Nc2ccc(NC(N)=O)cc2)n[nH]1. The Labute approximate surface area is 121 Å². The smallest absolute Gasteiger partial charge is 0.316 e. The van der Waals surface area contributed by atoms with Gasteiger partial charge >= 0.3 is 6.03 Å². The van der Waals surface area contributed by atoms with Crippen LogP contribution >= 0.6 is 0 Å². The molecular weight excluding hydrogens is 272 g/mol. The summed E-state index contributed by atoms with van der Waals surface area (Å²) in [7, 11) is 0. The number of carbonyl (C=O) groups excluding carboxylic acids is 2. The molecule has 1 aromatic heterocycles. The number of nitrogens with zero attached hydrogens (tertiary/aromatic N) is 2. The normalized spacial score (nSPS) is 10.4. The van der Waals surface area contributed by atoms with Crippen molar-refractivity contribution >= 4 is 23.3 Å². The van der Waals surface area contributed by atoms with Gasteiger partial charge in [-0.05, 0) is 24.3 Å². The van der Waals surface area contributed by atoms with Crippen LogP contribution in [0, 0.1) is 0 Å². The molecule has 21 heavy (non-hydrogen) atoms. The highest BCUT2D eigenvalue weighted by molar-refractivity contribution is 6.01. The number of hydrogen-bond acceptors (Lipinski definition) is 4. The van der Waals surface area contributed by atoms with Crippen molar-refractivity contribution in [2.45, 2.75) is 19.8 Å². The monoisotopic (exact) mass is 288 g/mol. The molecule has 0 atom stereocenters. The van der Waals surface area contributed by atoms with Gasteiger partial charge in [-0.15, -0.1) is 5.10 Å². The Kier molecular flexibility index (Phi) is 4.17. The number of aromatic amines is 1. The average molecular weight is 288 g/mol. The lowest BCUT2D eigenvalue weighted by Crippen LogP contribution is -2.19. The number of nitrogens with two attached hydrogens (primary N) is 1. The van der Waals surface area contributed by atoms with Gasteiger partial charge in [-0.2, -0.15) is 0 Å². The maximum atomic E-state index is 12.0. The molecule has 0 bridgehead atoms. The van der Waals surface area contributed by atoms with Gasteiger partial charge in [0.2, 0.25) is 5.82 Å². The third kappa shape index (κ3) is 3.78. The van der Waals surface area contributed by atoms with Gasteiger partial charge in [-0.1, -0.05) is 13.8 Å². The Morgan fingerprint density at radius 1 is 1.14 bits per heavy atom. The fourth-order valence-corrected chi connectivity index (χ4v) is 1.60. The standard InChI is InChI=1S/C13H16N6O2/c1-7(2)10-17-11(19-18-10)12(20)15-8-3-5-9(6-4-8)16-13(14)21/h3-7H,1-2H3,(H,15,20)(H3,14,16,21)(H,17,18,19). The molecule has 8 heteroatoms. The van der Waals surface area contributed by atoms with Gasteiger partial charge in [0.15, 0.2) is 0 Å². The topological polar surface area (TPSA) is 126 Å². The van der Waals surface area contributed by atoms with Gasteiger partial charge in [0, 0.05) is 17.3 Å². The molecule has 3 amide bonds. The number of anilines is 2. The second-order valence-electron chi connectivity index (χ2n) is 4.72. The molecule has 0 radical (unpaired) electrons. The van der Waals surface area contributed by atoms with Crippen LogP contribution in [0.1, 0.15) is 36.2 Å². The van der Waals surface area contributed by atoms with Gasteiger partial charge in [-0.3, -0.25) is 9.89 Å². The Hall–Kier alpha value is -2.90. The van der Waals surface area contributed by atoms with E-state index in [1.807, 2.05) is 13.8 Å². The van der Waals surface area contributed by atoms with E-state index in [1.165, 1.54) is 0 Å². The van der Waals surface area contributed by atoms with Crippen LogP contribution in [0.3, 0.4) is 0 Å². The second kappa shape index (κ2) is 6.04. The van der Waals surface area contributed by atoms with Gasteiger partial charge in [-0.25, -0.2) is 9.78 Å². The first-order valence-corrected chi connectivity index (χ1v) is 6.36. The summed E-state index contributed by atoms with van der Waals surface area (Å²) in [6.45, 7) is 3.90. The third-order valence-corrected chi connectivity index (χ3v) is 2.66. The number of hydrogen-bond donors (Lipinski definition) is 4. The molecule has 110 valence electrons. The Bertz CT molecular complexity index is 647. The molecule has 2 aromatic rings. The number of rotatable bonds is 4. The fourth-order valence-electron chi connectivity index (χ4n) is 1.60. The fraction of sp³-hybridized carbons (Fsp3) is 0.231. The molecule has 1 aromatic carbocycles. The quantitative estimate of drug-likeness (QED) is 0.682. The molecule has 0 aliphatic heterocycles. The first kappa shape index (κ1) is 14.5. The average Bonchev–Trinajstić information content (AvgIpc) is 2.90. The Morgan fingerprint density at radius 2 is 1.71 bits per heavy atom. The van der Waals surface area contributed by atoms with Crippen molar-refractivity contribution in [3.63, 3.8) is 0 Å². The maximum absolute atomic E-state index is 12.0. The summed E-state index contributed by atoms with van der Waals surface area (Å²) in [4.78, 5) is 26.8. The number of nitrogens with one attached hydrogen (secondary N) is 3. The molecule has 0 unspecified atom stereocenters.